The lowest BCUT2D eigenvalue weighted by molar-refractivity contribution is -0.133. The van der Waals surface area contributed by atoms with Gasteiger partial charge in [-0.2, -0.15) is 4.31 Å². The Morgan fingerprint density at radius 3 is 2.28 bits per heavy atom. The zero-order valence-electron chi connectivity index (χ0n) is 15.1. The zero-order chi connectivity index (χ0) is 18.8. The predicted octanol–water partition coefficient (Wildman–Crippen LogP) is 1.07. The molecule has 2 rings (SSSR count). The number of nitrogens with zero attached hydrogens (tertiary/aromatic N) is 2. The summed E-state index contributed by atoms with van der Waals surface area (Å²) in [5.74, 6) is -0.487. The number of carbonyl (C=O) groups excluding carboxylic acids is 2. The molecule has 1 heterocycles. The van der Waals surface area contributed by atoms with E-state index < -0.39 is 15.6 Å². The van der Waals surface area contributed by atoms with E-state index in [4.69, 9.17) is 0 Å². The first-order valence-corrected chi connectivity index (χ1v) is 9.80. The van der Waals surface area contributed by atoms with Gasteiger partial charge in [-0.25, -0.2) is 8.42 Å². The summed E-state index contributed by atoms with van der Waals surface area (Å²) in [6, 6.07) is 5.89. The Balaban J connectivity index is 2.28. The van der Waals surface area contributed by atoms with Crippen molar-refractivity contribution >= 4 is 21.8 Å². The number of hydrogen-bond donors (Lipinski definition) is 1. The summed E-state index contributed by atoms with van der Waals surface area (Å²) in [7, 11) is -3.56. The maximum Gasteiger partial charge on any atom is 0.254 e. The Morgan fingerprint density at radius 2 is 1.76 bits per heavy atom. The molecule has 0 atom stereocenters. The van der Waals surface area contributed by atoms with Crippen LogP contribution in [-0.4, -0.2) is 61.2 Å². The fourth-order valence-corrected chi connectivity index (χ4v) is 4.35. The smallest absolute Gasteiger partial charge is 0.254 e. The summed E-state index contributed by atoms with van der Waals surface area (Å²) in [5, 5.41) is 2.75. The lowest BCUT2D eigenvalue weighted by atomic mass is 9.97. The van der Waals surface area contributed by atoms with Crippen molar-refractivity contribution in [3.05, 3.63) is 29.8 Å². The highest BCUT2D eigenvalue weighted by atomic mass is 32.2. The Morgan fingerprint density at radius 1 is 1.20 bits per heavy atom. The molecule has 25 heavy (non-hydrogen) atoms. The van der Waals surface area contributed by atoms with Gasteiger partial charge in [0.25, 0.3) is 5.91 Å². The van der Waals surface area contributed by atoms with Gasteiger partial charge in [0, 0.05) is 31.7 Å². The van der Waals surface area contributed by atoms with Gasteiger partial charge in [-0.3, -0.25) is 9.59 Å². The Labute approximate surface area is 149 Å². The van der Waals surface area contributed by atoms with Crippen molar-refractivity contribution in [2.75, 3.05) is 26.2 Å². The highest BCUT2D eigenvalue weighted by Gasteiger charge is 2.40. The zero-order valence-corrected chi connectivity index (χ0v) is 15.9. The lowest BCUT2D eigenvalue weighted by Gasteiger charge is -2.41. The van der Waals surface area contributed by atoms with Crippen molar-refractivity contribution in [2.45, 2.75) is 38.1 Å². The van der Waals surface area contributed by atoms with Crippen LogP contribution in [0.15, 0.2) is 29.2 Å². The molecule has 0 radical (unpaired) electrons. The average molecular weight is 367 g/mol. The van der Waals surface area contributed by atoms with Crippen LogP contribution in [0.2, 0.25) is 0 Å². The van der Waals surface area contributed by atoms with Crippen molar-refractivity contribution in [3.63, 3.8) is 0 Å². The summed E-state index contributed by atoms with van der Waals surface area (Å²) in [6.45, 7) is 8.54. The molecule has 0 aromatic heterocycles. The molecule has 1 saturated heterocycles. The molecule has 1 aliphatic heterocycles. The number of nitrogens with one attached hydrogen (secondary N) is 1. The van der Waals surface area contributed by atoms with Crippen LogP contribution in [0.4, 0.5) is 0 Å². The van der Waals surface area contributed by atoms with Crippen LogP contribution in [0.5, 0.6) is 0 Å². The van der Waals surface area contributed by atoms with E-state index >= 15 is 0 Å². The highest BCUT2D eigenvalue weighted by Crippen LogP contribution is 2.22. The maximum atomic E-state index is 12.8. The van der Waals surface area contributed by atoms with Gasteiger partial charge in [-0.05, 0) is 38.1 Å². The van der Waals surface area contributed by atoms with E-state index in [0.717, 1.165) is 0 Å². The summed E-state index contributed by atoms with van der Waals surface area (Å²) in [4.78, 5) is 26.4. The molecule has 0 unspecified atom stereocenters. The standard InChI is InChI=1S/C17H25N3O4S/c1-5-19(6-2)25(23,24)14-9-7-13(8-10-14)15(21)20-12-11-18-16(22)17(20,3)4/h7-10H,5-6,11-12H2,1-4H3,(H,18,22). The quantitative estimate of drug-likeness (QED) is 0.843. The summed E-state index contributed by atoms with van der Waals surface area (Å²) < 4.78 is 26.4. The van der Waals surface area contributed by atoms with E-state index in [-0.39, 0.29) is 16.7 Å². The molecule has 0 aliphatic carbocycles. The molecule has 0 bridgehead atoms. The van der Waals surface area contributed by atoms with Crippen LogP contribution in [0.1, 0.15) is 38.1 Å². The van der Waals surface area contributed by atoms with Crippen molar-refractivity contribution in [1.82, 2.24) is 14.5 Å². The van der Waals surface area contributed by atoms with Gasteiger partial charge in [0.15, 0.2) is 0 Å². The molecule has 1 aliphatic rings. The Hall–Kier alpha value is -1.93. The normalized spacial score (nSPS) is 17.5. The van der Waals surface area contributed by atoms with Gasteiger partial charge in [0.1, 0.15) is 5.54 Å². The Bertz CT molecular complexity index is 753. The predicted molar refractivity (Wildman–Crippen MR) is 94.7 cm³/mol. The monoisotopic (exact) mass is 367 g/mol. The van der Waals surface area contributed by atoms with Crippen molar-refractivity contribution in [2.24, 2.45) is 0 Å². The van der Waals surface area contributed by atoms with Crippen LogP contribution in [0, 0.1) is 0 Å². The minimum Gasteiger partial charge on any atom is -0.352 e. The van der Waals surface area contributed by atoms with E-state index in [9.17, 15) is 18.0 Å². The van der Waals surface area contributed by atoms with Gasteiger partial charge < -0.3 is 10.2 Å². The van der Waals surface area contributed by atoms with Crippen molar-refractivity contribution in [1.29, 1.82) is 0 Å². The summed E-state index contributed by atoms with van der Waals surface area (Å²) >= 11 is 0. The number of sulfonamides is 1. The first-order valence-electron chi connectivity index (χ1n) is 8.36. The molecule has 138 valence electrons. The number of amides is 2. The van der Waals surface area contributed by atoms with E-state index in [1.165, 1.54) is 33.5 Å². The molecular formula is C17H25N3O4S. The average Bonchev–Trinajstić information content (AvgIpc) is 2.57. The van der Waals surface area contributed by atoms with E-state index in [1.807, 2.05) is 0 Å². The third-order valence-electron chi connectivity index (χ3n) is 4.54. The van der Waals surface area contributed by atoms with Crippen LogP contribution in [-0.2, 0) is 14.8 Å². The van der Waals surface area contributed by atoms with E-state index in [2.05, 4.69) is 5.32 Å². The molecule has 1 N–H and O–H groups in total. The van der Waals surface area contributed by atoms with Crippen LogP contribution in [0.25, 0.3) is 0 Å². The largest absolute Gasteiger partial charge is 0.352 e. The number of hydrogen-bond acceptors (Lipinski definition) is 4. The topological polar surface area (TPSA) is 86.8 Å². The molecule has 8 heteroatoms. The number of rotatable bonds is 5. The number of benzene rings is 1. The van der Waals surface area contributed by atoms with Crippen LogP contribution >= 0.6 is 0 Å². The Kier molecular flexibility index (Phi) is 5.53. The van der Waals surface area contributed by atoms with Crippen molar-refractivity contribution < 1.29 is 18.0 Å². The lowest BCUT2D eigenvalue weighted by Crippen LogP contribution is -2.63. The first-order chi connectivity index (χ1) is 11.7. The molecule has 0 saturated carbocycles. The van der Waals surface area contributed by atoms with Crippen LogP contribution in [0.3, 0.4) is 0 Å². The fraction of sp³-hybridized carbons (Fsp3) is 0.529. The maximum absolute atomic E-state index is 12.8. The van der Waals surface area contributed by atoms with Gasteiger partial charge in [-0.1, -0.05) is 13.8 Å². The number of piperazine rings is 1. The van der Waals surface area contributed by atoms with E-state index in [0.29, 0.717) is 31.7 Å². The van der Waals surface area contributed by atoms with E-state index in [1.54, 1.807) is 27.7 Å². The SMILES string of the molecule is CCN(CC)S(=O)(=O)c1ccc(C(=O)N2CCNC(=O)C2(C)C)cc1. The van der Waals surface area contributed by atoms with Gasteiger partial charge in [0.2, 0.25) is 15.9 Å². The third-order valence-corrected chi connectivity index (χ3v) is 6.61. The molecule has 1 fully saturated rings. The third kappa shape index (κ3) is 3.55. The minimum atomic E-state index is -3.56. The van der Waals surface area contributed by atoms with Crippen molar-refractivity contribution in [3.8, 4) is 0 Å². The first kappa shape index (κ1) is 19.4. The summed E-state index contributed by atoms with van der Waals surface area (Å²) in [6.07, 6.45) is 0. The van der Waals surface area contributed by atoms with Crippen LogP contribution < -0.4 is 5.32 Å². The second-order valence-corrected chi connectivity index (χ2v) is 8.32. The molecule has 1 aromatic rings. The minimum absolute atomic E-state index is 0.156. The van der Waals surface area contributed by atoms with Gasteiger partial charge in [-0.15, -0.1) is 0 Å². The molecule has 0 spiro atoms. The second-order valence-electron chi connectivity index (χ2n) is 6.39. The number of carbonyl (C=O) groups is 2. The fourth-order valence-electron chi connectivity index (χ4n) is 2.89. The van der Waals surface area contributed by atoms with Gasteiger partial charge >= 0.3 is 0 Å². The second kappa shape index (κ2) is 7.13. The van der Waals surface area contributed by atoms with Gasteiger partial charge in [0.05, 0.1) is 4.90 Å². The molecule has 1 aromatic carbocycles. The summed E-state index contributed by atoms with van der Waals surface area (Å²) in [5.41, 5.74) is -0.581. The highest BCUT2D eigenvalue weighted by molar-refractivity contribution is 7.89. The molecule has 7 nitrogen and oxygen atoms in total. The molecular weight excluding hydrogens is 342 g/mol. The molecule has 2 amide bonds.